The first-order chi connectivity index (χ1) is 15.2. The van der Waals surface area contributed by atoms with Crippen molar-refractivity contribution in [3.8, 4) is 0 Å². The van der Waals surface area contributed by atoms with Gasteiger partial charge in [-0.15, -0.1) is 0 Å². The van der Waals surface area contributed by atoms with Crippen LogP contribution >= 0.6 is 0 Å². The molecule has 1 fully saturated rings. The standard InChI is InChI=1S/C23H27NO7/c25-9-3-4-10-29-21-14-16(13-20(31-21)23(27)24-7-11-28-12-8-24)18-15-30-19-6-2-1-5-17(19)22(18)26/h1-2,5-6,13,15-16,21,25H,3-4,7-12,14H2/t16-,21+/m1/s1. The molecular weight excluding hydrogens is 402 g/mol. The average molecular weight is 429 g/mol. The van der Waals surface area contributed by atoms with E-state index in [-0.39, 0.29) is 29.6 Å². The first-order valence-electron chi connectivity index (χ1n) is 10.7. The van der Waals surface area contributed by atoms with E-state index in [1.54, 1.807) is 29.2 Å². The molecule has 1 aromatic heterocycles. The molecule has 0 radical (unpaired) electrons. The van der Waals surface area contributed by atoms with Crippen molar-refractivity contribution in [2.24, 2.45) is 0 Å². The Hall–Kier alpha value is -2.68. The molecule has 0 unspecified atom stereocenters. The predicted octanol–water partition coefficient (Wildman–Crippen LogP) is 2.15. The second kappa shape index (κ2) is 10.1. The summed E-state index contributed by atoms with van der Waals surface area (Å²) in [4.78, 5) is 27.8. The number of fused-ring (bicyclic) bond motifs is 1. The summed E-state index contributed by atoms with van der Waals surface area (Å²) in [6.07, 6.45) is 4.19. The second-order valence-electron chi connectivity index (χ2n) is 7.64. The fourth-order valence-corrected chi connectivity index (χ4v) is 3.83. The summed E-state index contributed by atoms with van der Waals surface area (Å²) in [6.45, 7) is 2.43. The number of allylic oxidation sites excluding steroid dienone is 1. The van der Waals surface area contributed by atoms with E-state index in [0.29, 0.717) is 68.7 Å². The number of rotatable bonds is 7. The maximum absolute atomic E-state index is 13.1. The quantitative estimate of drug-likeness (QED) is 0.674. The number of morpholine rings is 1. The number of aliphatic hydroxyl groups excluding tert-OH is 1. The van der Waals surface area contributed by atoms with Crippen LogP contribution in [-0.2, 0) is 19.0 Å². The van der Waals surface area contributed by atoms with Crippen molar-refractivity contribution in [3.63, 3.8) is 0 Å². The van der Waals surface area contributed by atoms with E-state index in [4.69, 9.17) is 23.7 Å². The first kappa shape index (κ1) is 21.5. The van der Waals surface area contributed by atoms with Gasteiger partial charge in [-0.2, -0.15) is 0 Å². The lowest BCUT2D eigenvalue weighted by Gasteiger charge is -2.32. The third-order valence-corrected chi connectivity index (χ3v) is 5.53. The molecule has 2 aliphatic rings. The normalized spacial score (nSPS) is 21.6. The first-order valence-corrected chi connectivity index (χ1v) is 10.7. The number of benzene rings is 1. The summed E-state index contributed by atoms with van der Waals surface area (Å²) in [5.74, 6) is -0.433. The van der Waals surface area contributed by atoms with Gasteiger partial charge in [0.2, 0.25) is 6.29 Å². The Morgan fingerprint density at radius 1 is 1.19 bits per heavy atom. The number of nitrogens with zero attached hydrogens (tertiary/aromatic N) is 1. The molecule has 8 nitrogen and oxygen atoms in total. The molecule has 2 atom stereocenters. The van der Waals surface area contributed by atoms with Gasteiger partial charge in [-0.25, -0.2) is 0 Å². The molecule has 166 valence electrons. The molecule has 1 N–H and O–H groups in total. The third kappa shape index (κ3) is 4.98. The highest BCUT2D eigenvalue weighted by Crippen LogP contribution is 2.31. The van der Waals surface area contributed by atoms with Gasteiger partial charge in [0.15, 0.2) is 11.2 Å². The van der Waals surface area contributed by atoms with Crippen LogP contribution in [0.15, 0.2) is 51.6 Å². The molecule has 0 aliphatic carbocycles. The van der Waals surface area contributed by atoms with Gasteiger partial charge in [-0.1, -0.05) is 12.1 Å². The molecule has 0 saturated carbocycles. The SMILES string of the molecule is O=C(C1=C[C@@H](c2coc3ccccc3c2=O)C[C@@H](OCCCCO)O1)N1CCOCC1. The number of para-hydroxylation sites is 1. The Balaban J connectivity index is 1.61. The molecule has 8 heteroatoms. The van der Waals surface area contributed by atoms with Gasteiger partial charge < -0.3 is 28.6 Å². The summed E-state index contributed by atoms with van der Waals surface area (Å²) in [6, 6.07) is 7.09. The molecule has 3 heterocycles. The zero-order chi connectivity index (χ0) is 21.6. The Kier molecular flexibility index (Phi) is 7.01. The summed E-state index contributed by atoms with van der Waals surface area (Å²) in [7, 11) is 0. The number of aliphatic hydroxyl groups is 1. The number of carbonyl (C=O) groups excluding carboxylic acids is 1. The zero-order valence-corrected chi connectivity index (χ0v) is 17.3. The van der Waals surface area contributed by atoms with E-state index >= 15 is 0 Å². The minimum absolute atomic E-state index is 0.0936. The lowest BCUT2D eigenvalue weighted by molar-refractivity contribution is -0.155. The summed E-state index contributed by atoms with van der Waals surface area (Å²) < 4.78 is 22.7. The molecular formula is C23H27NO7. The lowest BCUT2D eigenvalue weighted by Crippen LogP contribution is -2.43. The second-order valence-corrected chi connectivity index (χ2v) is 7.64. The highest BCUT2D eigenvalue weighted by Gasteiger charge is 2.33. The van der Waals surface area contributed by atoms with Crippen molar-refractivity contribution >= 4 is 16.9 Å². The molecule has 0 spiro atoms. The van der Waals surface area contributed by atoms with E-state index in [0.717, 1.165) is 0 Å². The Morgan fingerprint density at radius 3 is 2.81 bits per heavy atom. The third-order valence-electron chi connectivity index (χ3n) is 5.53. The van der Waals surface area contributed by atoms with Crippen LogP contribution in [0.3, 0.4) is 0 Å². The minimum Gasteiger partial charge on any atom is -0.464 e. The predicted molar refractivity (Wildman–Crippen MR) is 112 cm³/mol. The highest BCUT2D eigenvalue weighted by atomic mass is 16.7. The molecule has 2 aromatic rings. The van der Waals surface area contributed by atoms with E-state index in [1.807, 2.05) is 6.07 Å². The van der Waals surface area contributed by atoms with Crippen LogP contribution in [0.25, 0.3) is 11.0 Å². The van der Waals surface area contributed by atoms with Gasteiger partial charge in [-0.05, 0) is 31.1 Å². The molecule has 31 heavy (non-hydrogen) atoms. The number of unbranched alkanes of at least 4 members (excludes halogenated alkanes) is 1. The number of amides is 1. The fraction of sp³-hybridized carbons (Fsp3) is 0.478. The largest absolute Gasteiger partial charge is 0.464 e. The monoisotopic (exact) mass is 429 g/mol. The maximum Gasteiger partial charge on any atom is 0.288 e. The Bertz CT molecular complexity index is 993. The zero-order valence-electron chi connectivity index (χ0n) is 17.3. The number of hydrogen-bond donors (Lipinski definition) is 1. The molecule has 2 aliphatic heterocycles. The van der Waals surface area contributed by atoms with E-state index in [2.05, 4.69) is 0 Å². The van der Waals surface area contributed by atoms with Crippen molar-refractivity contribution in [2.75, 3.05) is 39.5 Å². The van der Waals surface area contributed by atoms with Gasteiger partial charge in [0.1, 0.15) is 5.58 Å². The van der Waals surface area contributed by atoms with E-state index < -0.39 is 6.29 Å². The summed E-state index contributed by atoms with van der Waals surface area (Å²) in [5.41, 5.74) is 0.870. The molecule has 4 rings (SSSR count). The van der Waals surface area contributed by atoms with Gasteiger partial charge in [0, 0.05) is 37.6 Å². The van der Waals surface area contributed by atoms with Crippen LogP contribution < -0.4 is 5.43 Å². The number of ether oxygens (including phenoxy) is 3. The van der Waals surface area contributed by atoms with Gasteiger partial charge >= 0.3 is 0 Å². The number of carbonyl (C=O) groups is 1. The van der Waals surface area contributed by atoms with Gasteiger partial charge in [-0.3, -0.25) is 9.59 Å². The van der Waals surface area contributed by atoms with Crippen molar-refractivity contribution in [3.05, 3.63) is 58.2 Å². The van der Waals surface area contributed by atoms with E-state index in [9.17, 15) is 9.59 Å². The molecule has 1 amide bonds. The molecule has 0 bridgehead atoms. The minimum atomic E-state index is -0.667. The van der Waals surface area contributed by atoms with Gasteiger partial charge in [0.25, 0.3) is 5.91 Å². The van der Waals surface area contributed by atoms with Gasteiger partial charge in [0.05, 0.1) is 31.5 Å². The van der Waals surface area contributed by atoms with Crippen LogP contribution in [-0.4, -0.2) is 61.7 Å². The van der Waals surface area contributed by atoms with Crippen LogP contribution in [0.1, 0.15) is 30.7 Å². The maximum atomic E-state index is 13.1. The Labute approximate surface area is 180 Å². The topological polar surface area (TPSA) is 98.4 Å². The van der Waals surface area contributed by atoms with Crippen molar-refractivity contribution in [1.82, 2.24) is 4.90 Å². The number of hydrogen-bond acceptors (Lipinski definition) is 7. The average Bonchev–Trinajstić information content (AvgIpc) is 2.82. The lowest BCUT2D eigenvalue weighted by atomic mass is 9.93. The highest BCUT2D eigenvalue weighted by molar-refractivity contribution is 5.92. The van der Waals surface area contributed by atoms with Crippen molar-refractivity contribution < 1.29 is 28.5 Å². The van der Waals surface area contributed by atoms with Crippen molar-refractivity contribution in [2.45, 2.75) is 31.5 Å². The van der Waals surface area contributed by atoms with Crippen LogP contribution in [0.4, 0.5) is 0 Å². The van der Waals surface area contributed by atoms with E-state index in [1.165, 1.54) is 6.26 Å². The van der Waals surface area contributed by atoms with Crippen LogP contribution in [0, 0.1) is 0 Å². The summed E-state index contributed by atoms with van der Waals surface area (Å²) in [5, 5.41) is 9.47. The van der Waals surface area contributed by atoms with Crippen LogP contribution in [0.2, 0.25) is 0 Å². The Morgan fingerprint density at radius 2 is 2.00 bits per heavy atom. The van der Waals surface area contributed by atoms with Crippen molar-refractivity contribution in [1.29, 1.82) is 0 Å². The smallest absolute Gasteiger partial charge is 0.288 e. The molecule has 1 aromatic carbocycles. The summed E-state index contributed by atoms with van der Waals surface area (Å²) >= 11 is 0. The molecule has 1 saturated heterocycles. The fourth-order valence-electron chi connectivity index (χ4n) is 3.83. The van der Waals surface area contributed by atoms with Crippen LogP contribution in [0.5, 0.6) is 0 Å².